The minimum Gasteiger partial charge on any atom is -0.451 e. The van der Waals surface area contributed by atoms with Crippen LogP contribution in [-0.2, 0) is 9.53 Å². The lowest BCUT2D eigenvalue weighted by molar-refractivity contribution is -0.123. The zero-order valence-electron chi connectivity index (χ0n) is 18.1. The molecule has 7 nitrogen and oxygen atoms in total. The molecule has 0 saturated heterocycles. The van der Waals surface area contributed by atoms with Crippen molar-refractivity contribution in [1.29, 1.82) is 0 Å². The van der Waals surface area contributed by atoms with Gasteiger partial charge in [-0.3, -0.25) is 10.1 Å². The molecule has 1 aromatic carbocycles. The number of carbonyl (C=O) groups excluding carboxylic acids is 3. The molecular formula is C24H27N3O4S. The van der Waals surface area contributed by atoms with Crippen molar-refractivity contribution in [2.75, 3.05) is 6.61 Å². The lowest BCUT2D eigenvalue weighted by Crippen LogP contribution is -2.62. The highest BCUT2D eigenvalue weighted by molar-refractivity contribution is 7.13. The van der Waals surface area contributed by atoms with Gasteiger partial charge in [-0.05, 0) is 63.2 Å². The summed E-state index contributed by atoms with van der Waals surface area (Å²) in [5.41, 5.74) is 2.03. The monoisotopic (exact) mass is 453 g/mol. The number of ether oxygens (including phenoxy) is 1. The zero-order chi connectivity index (χ0) is 22.3. The summed E-state index contributed by atoms with van der Waals surface area (Å²) in [4.78, 5) is 41.2. The molecule has 8 heteroatoms. The number of benzene rings is 1. The van der Waals surface area contributed by atoms with E-state index in [4.69, 9.17) is 4.74 Å². The number of carbonyl (C=O) groups is 3. The fraction of sp³-hybridized carbons (Fsp3) is 0.500. The Balaban J connectivity index is 1.11. The van der Waals surface area contributed by atoms with Crippen LogP contribution in [0.2, 0.25) is 0 Å². The van der Waals surface area contributed by atoms with Gasteiger partial charge in [0.15, 0.2) is 12.3 Å². The molecule has 1 aromatic heterocycles. The summed E-state index contributed by atoms with van der Waals surface area (Å²) in [6, 6.07) is 7.35. The summed E-state index contributed by atoms with van der Waals surface area (Å²) in [6.45, 7) is 1.48. The Morgan fingerprint density at radius 2 is 1.69 bits per heavy atom. The van der Waals surface area contributed by atoms with E-state index < -0.39 is 24.5 Å². The van der Waals surface area contributed by atoms with Gasteiger partial charge in [-0.2, -0.15) is 0 Å². The molecule has 4 fully saturated rings. The fourth-order valence-electron chi connectivity index (χ4n) is 6.10. The van der Waals surface area contributed by atoms with E-state index in [9.17, 15) is 14.4 Å². The van der Waals surface area contributed by atoms with Gasteiger partial charge in [-0.15, -0.1) is 11.3 Å². The highest BCUT2D eigenvalue weighted by Gasteiger charge is 2.51. The van der Waals surface area contributed by atoms with E-state index in [1.165, 1.54) is 30.6 Å². The SMILES string of the molecule is Cc1ccc(-c2nc(C(=O)OCC(=O)NC(=O)NC34CC5CC(CC(C5)C3)C4)cs2)cc1. The Kier molecular flexibility index (Phi) is 5.49. The topological polar surface area (TPSA) is 97.4 Å². The number of rotatable bonds is 5. The number of aromatic nitrogens is 1. The lowest BCUT2D eigenvalue weighted by Gasteiger charge is -2.56. The first-order valence-corrected chi connectivity index (χ1v) is 12.1. The first-order chi connectivity index (χ1) is 15.4. The average molecular weight is 454 g/mol. The van der Waals surface area contributed by atoms with E-state index in [1.54, 1.807) is 5.38 Å². The van der Waals surface area contributed by atoms with E-state index in [2.05, 4.69) is 15.6 Å². The van der Waals surface area contributed by atoms with E-state index in [-0.39, 0.29) is 11.2 Å². The molecule has 3 amide bonds. The van der Waals surface area contributed by atoms with Crippen molar-refractivity contribution in [2.24, 2.45) is 17.8 Å². The third-order valence-corrected chi connectivity index (χ3v) is 7.91. The molecule has 2 aromatic rings. The van der Waals surface area contributed by atoms with Gasteiger partial charge in [0.2, 0.25) is 0 Å². The molecule has 4 aliphatic carbocycles. The van der Waals surface area contributed by atoms with Gasteiger partial charge in [-0.25, -0.2) is 14.6 Å². The molecule has 0 spiro atoms. The van der Waals surface area contributed by atoms with E-state index in [1.807, 2.05) is 31.2 Å². The van der Waals surface area contributed by atoms with Gasteiger partial charge in [0.25, 0.3) is 5.91 Å². The number of hydrogen-bond donors (Lipinski definition) is 2. The summed E-state index contributed by atoms with van der Waals surface area (Å²) in [5.74, 6) is 0.758. The largest absolute Gasteiger partial charge is 0.451 e. The predicted octanol–water partition coefficient (Wildman–Crippen LogP) is 4.07. The molecule has 2 N–H and O–H groups in total. The van der Waals surface area contributed by atoms with Crippen LogP contribution in [0.15, 0.2) is 29.6 Å². The Labute approximate surface area is 191 Å². The summed E-state index contributed by atoms with van der Waals surface area (Å²) < 4.78 is 5.07. The van der Waals surface area contributed by atoms with Crippen LogP contribution in [0, 0.1) is 24.7 Å². The van der Waals surface area contributed by atoms with Crippen molar-refractivity contribution < 1.29 is 19.1 Å². The molecule has 4 aliphatic rings. The molecule has 0 atom stereocenters. The molecule has 6 rings (SSSR count). The molecule has 32 heavy (non-hydrogen) atoms. The van der Waals surface area contributed by atoms with E-state index in [0.29, 0.717) is 22.8 Å². The summed E-state index contributed by atoms with van der Waals surface area (Å²) in [5, 5.41) is 7.70. The van der Waals surface area contributed by atoms with Gasteiger partial charge in [0.05, 0.1) is 0 Å². The first-order valence-electron chi connectivity index (χ1n) is 11.2. The van der Waals surface area contributed by atoms with E-state index in [0.717, 1.165) is 30.4 Å². The Hall–Kier alpha value is -2.74. The highest BCUT2D eigenvalue weighted by atomic mass is 32.1. The normalized spacial score (nSPS) is 27.7. The highest BCUT2D eigenvalue weighted by Crippen LogP contribution is 2.55. The maximum Gasteiger partial charge on any atom is 0.358 e. The van der Waals surface area contributed by atoms with Crippen LogP contribution in [0.3, 0.4) is 0 Å². The van der Waals surface area contributed by atoms with Gasteiger partial charge in [-0.1, -0.05) is 29.8 Å². The van der Waals surface area contributed by atoms with Crippen molar-refractivity contribution in [3.05, 3.63) is 40.9 Å². The molecule has 4 saturated carbocycles. The maximum absolute atomic E-state index is 12.4. The van der Waals surface area contributed by atoms with E-state index >= 15 is 0 Å². The Morgan fingerprint density at radius 1 is 1.06 bits per heavy atom. The van der Waals surface area contributed by atoms with Gasteiger partial charge in [0, 0.05) is 16.5 Å². The molecule has 0 unspecified atom stereocenters. The van der Waals surface area contributed by atoms with Crippen LogP contribution in [0.5, 0.6) is 0 Å². The quantitative estimate of drug-likeness (QED) is 0.665. The van der Waals surface area contributed by atoms with Gasteiger partial charge in [0.1, 0.15) is 5.01 Å². The molecule has 1 heterocycles. The number of urea groups is 1. The van der Waals surface area contributed by atoms with Crippen molar-refractivity contribution in [2.45, 2.75) is 51.0 Å². The standard InChI is InChI=1S/C24H27N3O4S/c1-14-2-4-18(5-3-14)21-25-19(13-32-21)22(29)31-12-20(28)26-23(30)27-24-9-15-6-16(10-24)8-17(7-15)11-24/h2-5,13,15-17H,6-12H2,1H3,(H2,26,27,28,30). The second-order valence-electron chi connectivity index (χ2n) is 9.68. The van der Waals surface area contributed by atoms with Crippen LogP contribution in [0.1, 0.15) is 54.6 Å². The summed E-state index contributed by atoms with van der Waals surface area (Å²) in [7, 11) is 0. The Morgan fingerprint density at radius 3 is 2.31 bits per heavy atom. The smallest absolute Gasteiger partial charge is 0.358 e. The number of nitrogens with one attached hydrogen (secondary N) is 2. The van der Waals surface area contributed by atoms with Crippen molar-refractivity contribution in [3.63, 3.8) is 0 Å². The van der Waals surface area contributed by atoms with Crippen LogP contribution in [0.25, 0.3) is 10.6 Å². The minimum atomic E-state index is -0.684. The van der Waals surface area contributed by atoms with Crippen molar-refractivity contribution in [3.8, 4) is 10.6 Å². The lowest BCUT2D eigenvalue weighted by atomic mass is 9.53. The first kappa shape index (κ1) is 21.1. The number of imide groups is 1. The van der Waals surface area contributed by atoms with Crippen molar-refractivity contribution in [1.82, 2.24) is 15.6 Å². The summed E-state index contributed by atoms with van der Waals surface area (Å²) in [6.07, 6.45) is 6.84. The fourth-order valence-corrected chi connectivity index (χ4v) is 6.90. The third kappa shape index (κ3) is 4.41. The molecule has 168 valence electrons. The average Bonchev–Trinajstić information content (AvgIpc) is 3.21. The maximum atomic E-state index is 12.4. The molecular weight excluding hydrogens is 426 g/mol. The summed E-state index contributed by atoms with van der Waals surface area (Å²) >= 11 is 1.34. The molecule has 0 aliphatic heterocycles. The number of nitrogens with zero attached hydrogens (tertiary/aromatic N) is 1. The number of hydrogen-bond acceptors (Lipinski definition) is 6. The molecule has 4 bridgehead atoms. The predicted molar refractivity (Wildman–Crippen MR) is 120 cm³/mol. The number of esters is 1. The van der Waals surface area contributed by atoms with Gasteiger partial charge < -0.3 is 10.1 Å². The second kappa shape index (κ2) is 8.31. The second-order valence-corrected chi connectivity index (χ2v) is 10.5. The van der Waals surface area contributed by atoms with Gasteiger partial charge >= 0.3 is 12.0 Å². The Bertz CT molecular complexity index is 1010. The third-order valence-electron chi connectivity index (χ3n) is 7.02. The molecule has 0 radical (unpaired) electrons. The number of thiazole rings is 1. The van der Waals surface area contributed by atoms with Crippen molar-refractivity contribution >= 4 is 29.2 Å². The van der Waals surface area contributed by atoms with Crippen LogP contribution >= 0.6 is 11.3 Å². The number of amides is 3. The van der Waals surface area contributed by atoms with Crippen LogP contribution in [-0.4, -0.2) is 35.0 Å². The number of aryl methyl sites for hydroxylation is 1. The van der Waals surface area contributed by atoms with Crippen LogP contribution < -0.4 is 10.6 Å². The zero-order valence-corrected chi connectivity index (χ0v) is 18.9. The van der Waals surface area contributed by atoms with Crippen LogP contribution in [0.4, 0.5) is 4.79 Å². The minimum absolute atomic E-state index is 0.149.